The van der Waals surface area contributed by atoms with Crippen molar-refractivity contribution in [1.82, 2.24) is 5.32 Å². The highest BCUT2D eigenvalue weighted by Gasteiger charge is 2.42. The molecule has 1 aliphatic heterocycles. The van der Waals surface area contributed by atoms with E-state index >= 15 is 0 Å². The van der Waals surface area contributed by atoms with Crippen LogP contribution in [0.1, 0.15) is 65.9 Å². The monoisotopic (exact) mass is 511 g/mol. The van der Waals surface area contributed by atoms with Crippen molar-refractivity contribution < 1.29 is 18.3 Å². The molecular formula is C27H43F2N3O2S. The summed E-state index contributed by atoms with van der Waals surface area (Å²) in [4.78, 5) is 8.23. The van der Waals surface area contributed by atoms with Crippen LogP contribution in [0.25, 0.3) is 0 Å². The van der Waals surface area contributed by atoms with Crippen LogP contribution in [0, 0.1) is 17.2 Å². The van der Waals surface area contributed by atoms with Crippen molar-refractivity contribution in [2.75, 3.05) is 20.2 Å². The number of hydrogen-bond donors (Lipinski definition) is 3. The Balaban J connectivity index is 0.000000894. The van der Waals surface area contributed by atoms with E-state index in [9.17, 15) is 8.78 Å². The van der Waals surface area contributed by atoms with Crippen LogP contribution in [0.5, 0.6) is 5.75 Å². The number of halogens is 2. The van der Waals surface area contributed by atoms with Crippen LogP contribution in [0.2, 0.25) is 0 Å². The highest BCUT2D eigenvalue weighted by Crippen LogP contribution is 2.48. The maximum Gasteiger partial charge on any atom is 0.125 e. The molecule has 3 unspecified atom stereocenters. The number of para-hydroxylation sites is 1. The van der Waals surface area contributed by atoms with Crippen molar-refractivity contribution in [3.63, 3.8) is 0 Å². The molecule has 1 heterocycles. The minimum atomic E-state index is -0.875. The predicted octanol–water partition coefficient (Wildman–Crippen LogP) is 6.89. The maximum atomic E-state index is 14.3. The largest absolute Gasteiger partial charge is 0.493 e. The van der Waals surface area contributed by atoms with Crippen molar-refractivity contribution in [3.8, 4) is 5.75 Å². The van der Waals surface area contributed by atoms with Crippen molar-refractivity contribution >= 4 is 23.1 Å². The SMILES string of the molecule is CC.CC=O.CCCCCN.CNC1(SC(=N)C2C(F)=CC=C(F)C2C)CCOc2ccccc21. The summed E-state index contributed by atoms with van der Waals surface area (Å²) in [6.07, 6.45) is 7.41. The van der Waals surface area contributed by atoms with Crippen LogP contribution >= 0.6 is 11.8 Å². The lowest BCUT2D eigenvalue weighted by molar-refractivity contribution is -0.106. The number of thioether (sulfide) groups is 1. The van der Waals surface area contributed by atoms with Crippen LogP contribution in [0.15, 0.2) is 48.1 Å². The Morgan fingerprint density at radius 2 is 1.86 bits per heavy atom. The number of nitrogens with one attached hydrogen (secondary N) is 2. The molecule has 0 spiro atoms. The van der Waals surface area contributed by atoms with Gasteiger partial charge in [-0.25, -0.2) is 8.78 Å². The molecule has 4 N–H and O–H groups in total. The number of hydrogen-bond acceptors (Lipinski definition) is 6. The van der Waals surface area contributed by atoms with Gasteiger partial charge in [0.25, 0.3) is 0 Å². The Labute approximate surface area is 214 Å². The molecule has 2 aliphatic rings. The average Bonchev–Trinajstić information content (AvgIpc) is 2.87. The molecule has 1 aliphatic carbocycles. The van der Waals surface area contributed by atoms with E-state index in [0.717, 1.165) is 36.3 Å². The van der Waals surface area contributed by atoms with Crippen molar-refractivity contribution in [2.45, 2.75) is 65.2 Å². The maximum absolute atomic E-state index is 14.3. The number of carbonyl (C=O) groups is 1. The Hall–Kier alpha value is -2.03. The molecule has 0 saturated carbocycles. The van der Waals surface area contributed by atoms with E-state index in [-0.39, 0.29) is 5.04 Å². The molecule has 1 aromatic carbocycles. The van der Waals surface area contributed by atoms with Gasteiger partial charge in [0.2, 0.25) is 0 Å². The van der Waals surface area contributed by atoms with E-state index < -0.39 is 28.4 Å². The van der Waals surface area contributed by atoms with Gasteiger partial charge < -0.3 is 20.6 Å². The minimum absolute atomic E-state index is 0.116. The number of fused-ring (bicyclic) bond motifs is 1. The van der Waals surface area contributed by atoms with Crippen LogP contribution < -0.4 is 15.8 Å². The van der Waals surface area contributed by atoms with Gasteiger partial charge in [0, 0.05) is 17.9 Å². The summed E-state index contributed by atoms with van der Waals surface area (Å²) in [6.45, 7) is 10.6. The lowest BCUT2D eigenvalue weighted by Crippen LogP contribution is -2.43. The summed E-state index contributed by atoms with van der Waals surface area (Å²) in [7, 11) is 1.82. The summed E-state index contributed by atoms with van der Waals surface area (Å²) in [5, 5.41) is 11.8. The second kappa shape index (κ2) is 18.3. The Morgan fingerprint density at radius 1 is 1.26 bits per heavy atom. The zero-order valence-electron chi connectivity index (χ0n) is 22.0. The van der Waals surface area contributed by atoms with E-state index in [0.29, 0.717) is 13.0 Å². The molecule has 35 heavy (non-hydrogen) atoms. The number of benzene rings is 1. The topological polar surface area (TPSA) is 88.2 Å². The van der Waals surface area contributed by atoms with Crippen LogP contribution in [0.3, 0.4) is 0 Å². The minimum Gasteiger partial charge on any atom is -0.493 e. The summed E-state index contributed by atoms with van der Waals surface area (Å²) in [5.41, 5.74) is 6.14. The third-order valence-electron chi connectivity index (χ3n) is 5.45. The third-order valence-corrected chi connectivity index (χ3v) is 6.90. The highest BCUT2D eigenvalue weighted by molar-refractivity contribution is 8.14. The first-order valence-electron chi connectivity index (χ1n) is 12.3. The van der Waals surface area contributed by atoms with Gasteiger partial charge in [0.1, 0.15) is 28.6 Å². The van der Waals surface area contributed by atoms with Crippen molar-refractivity contribution in [3.05, 3.63) is 53.6 Å². The van der Waals surface area contributed by atoms with E-state index in [4.69, 9.17) is 20.7 Å². The quantitative estimate of drug-likeness (QED) is 0.127. The molecule has 198 valence electrons. The fourth-order valence-electron chi connectivity index (χ4n) is 3.59. The molecule has 0 radical (unpaired) electrons. The molecule has 8 heteroatoms. The van der Waals surface area contributed by atoms with Crippen molar-refractivity contribution in [2.24, 2.45) is 17.6 Å². The Kier molecular flexibility index (Phi) is 17.2. The molecule has 0 aromatic heterocycles. The lowest BCUT2D eigenvalue weighted by Gasteiger charge is -2.39. The first-order valence-corrected chi connectivity index (χ1v) is 13.1. The normalized spacial score (nSPS) is 22.1. The van der Waals surface area contributed by atoms with Gasteiger partial charge in [-0.05, 0) is 45.2 Å². The van der Waals surface area contributed by atoms with Gasteiger partial charge in [-0.3, -0.25) is 5.41 Å². The van der Waals surface area contributed by atoms with Crippen LogP contribution in [-0.2, 0) is 9.67 Å². The number of allylic oxidation sites excluding steroid dienone is 4. The number of rotatable bonds is 6. The first-order chi connectivity index (χ1) is 16.8. The summed E-state index contributed by atoms with van der Waals surface area (Å²) in [6, 6.07) is 7.64. The van der Waals surface area contributed by atoms with E-state index in [1.54, 1.807) is 6.92 Å². The fourth-order valence-corrected chi connectivity index (χ4v) is 4.98. The van der Waals surface area contributed by atoms with Gasteiger partial charge in [-0.2, -0.15) is 0 Å². The Bertz CT molecular complexity index is 828. The van der Waals surface area contributed by atoms with E-state index in [1.807, 2.05) is 45.2 Å². The zero-order valence-corrected chi connectivity index (χ0v) is 22.8. The standard InChI is InChI=1S/C18H20F2N2OS.C5H13N.C2H4O.C2H6/c1-11-13(19)7-8-14(20)16(11)17(21)24-18(22-2)9-10-23-15-6-4-3-5-12(15)18;1-2-3-4-5-6;1-2-3;1-2/h3-8,11,16,21-22H,9-10H2,1-2H3;2-6H2,1H3;2H,1H3;1-2H3. The predicted molar refractivity (Wildman–Crippen MR) is 145 cm³/mol. The van der Waals surface area contributed by atoms with E-state index in [2.05, 4.69) is 12.2 Å². The van der Waals surface area contributed by atoms with Gasteiger partial charge in [-0.1, -0.05) is 70.5 Å². The lowest BCUT2D eigenvalue weighted by atomic mass is 9.89. The second-order valence-electron chi connectivity index (χ2n) is 7.74. The number of ether oxygens (including phenoxy) is 1. The summed E-state index contributed by atoms with van der Waals surface area (Å²) < 4.78 is 33.8. The van der Waals surface area contributed by atoms with Crippen molar-refractivity contribution in [1.29, 1.82) is 5.41 Å². The smallest absolute Gasteiger partial charge is 0.125 e. The highest BCUT2D eigenvalue weighted by atomic mass is 32.2. The van der Waals surface area contributed by atoms with Crippen LogP contribution in [0.4, 0.5) is 8.78 Å². The molecule has 0 bridgehead atoms. The van der Waals surface area contributed by atoms with Gasteiger partial charge in [0.05, 0.1) is 17.6 Å². The van der Waals surface area contributed by atoms with E-state index in [1.165, 1.54) is 37.9 Å². The number of unbranched alkanes of at least 4 members (excludes halogenated alkanes) is 2. The molecule has 3 rings (SSSR count). The second-order valence-corrected chi connectivity index (χ2v) is 9.08. The fraction of sp³-hybridized carbons (Fsp3) is 0.556. The molecule has 0 amide bonds. The molecule has 1 aromatic rings. The summed E-state index contributed by atoms with van der Waals surface area (Å²) >= 11 is 1.24. The molecule has 3 atom stereocenters. The zero-order chi connectivity index (χ0) is 26.9. The molecule has 0 saturated heterocycles. The molecular weight excluding hydrogens is 468 g/mol. The third kappa shape index (κ3) is 9.86. The van der Waals surface area contributed by atoms with Gasteiger partial charge in [-0.15, -0.1) is 0 Å². The average molecular weight is 512 g/mol. The summed E-state index contributed by atoms with van der Waals surface area (Å²) in [5.74, 6) is -1.64. The molecule has 5 nitrogen and oxygen atoms in total. The first kappa shape index (κ1) is 33.0. The molecule has 0 fully saturated rings. The number of carbonyl (C=O) groups excluding carboxylic acids is 1. The van der Waals surface area contributed by atoms with Crippen LogP contribution in [-0.4, -0.2) is 31.5 Å². The number of nitrogens with two attached hydrogens (primary N) is 1. The van der Waals surface area contributed by atoms with Gasteiger partial charge >= 0.3 is 0 Å². The van der Waals surface area contributed by atoms with Gasteiger partial charge in [0.15, 0.2) is 0 Å². The Morgan fingerprint density at radius 3 is 2.40 bits per heavy atom. The number of aldehydes is 1.